The molecule has 1 saturated heterocycles. The summed E-state index contributed by atoms with van der Waals surface area (Å²) in [4.78, 5) is 39.0. The molecule has 1 aromatic heterocycles. The molecule has 0 unspecified atom stereocenters. The lowest BCUT2D eigenvalue weighted by molar-refractivity contribution is -0.129. The highest BCUT2D eigenvalue weighted by Gasteiger charge is 2.29. The first-order valence-corrected chi connectivity index (χ1v) is 16.0. The quantitative estimate of drug-likeness (QED) is 0.451. The Morgan fingerprint density at radius 2 is 1.79 bits per heavy atom. The molecule has 12 nitrogen and oxygen atoms in total. The van der Waals surface area contributed by atoms with Crippen molar-refractivity contribution in [3.63, 3.8) is 0 Å². The number of sulfonamides is 1. The number of nitrogens with zero attached hydrogens (tertiary/aromatic N) is 4. The van der Waals surface area contributed by atoms with Gasteiger partial charge in [-0.1, -0.05) is 13.8 Å². The number of aryl methyl sites for hydroxylation is 1. The van der Waals surface area contributed by atoms with Gasteiger partial charge in [-0.2, -0.15) is 9.40 Å². The molecule has 0 bridgehead atoms. The maximum Gasteiger partial charge on any atom is 0.338 e. The number of ether oxygens (including phenoxy) is 2. The van der Waals surface area contributed by atoms with E-state index in [9.17, 15) is 22.8 Å². The van der Waals surface area contributed by atoms with Crippen molar-refractivity contribution in [2.24, 2.45) is 5.92 Å². The molecule has 0 spiro atoms. The van der Waals surface area contributed by atoms with Crippen LogP contribution in [0.4, 0.5) is 0 Å². The van der Waals surface area contributed by atoms with E-state index < -0.39 is 16.0 Å². The second-order valence-corrected chi connectivity index (χ2v) is 12.7. The van der Waals surface area contributed by atoms with Crippen molar-refractivity contribution >= 4 is 27.8 Å². The number of carbonyl (C=O) groups excluding carboxylic acids is 3. The van der Waals surface area contributed by atoms with Crippen molar-refractivity contribution in [2.45, 2.75) is 57.9 Å². The van der Waals surface area contributed by atoms with Gasteiger partial charge in [-0.15, -0.1) is 0 Å². The smallest absolute Gasteiger partial charge is 0.338 e. The van der Waals surface area contributed by atoms with Crippen LogP contribution in [0.15, 0.2) is 29.2 Å². The average molecular weight is 604 g/mol. The summed E-state index contributed by atoms with van der Waals surface area (Å²) in [6.07, 6.45) is 2.82. The molecule has 2 aliphatic heterocycles. The minimum Gasteiger partial charge on any atom is -0.462 e. The summed E-state index contributed by atoms with van der Waals surface area (Å²) in [6, 6.07) is 5.71. The number of benzene rings is 1. The molecule has 0 aliphatic carbocycles. The largest absolute Gasteiger partial charge is 0.462 e. The SMILES string of the molecule is CCc1nn(C[C@@H](C)COC(=O)c2ccc(S(=O)(=O)N3CCN(C(C)=O)CC3)cc2)c2c1C(=O)NCCCOCCC2. The zero-order chi connectivity index (χ0) is 30.3. The highest BCUT2D eigenvalue weighted by molar-refractivity contribution is 7.89. The maximum absolute atomic E-state index is 13.0. The van der Waals surface area contributed by atoms with Crippen molar-refractivity contribution in [1.82, 2.24) is 24.3 Å². The number of carbonyl (C=O) groups is 3. The van der Waals surface area contributed by atoms with Gasteiger partial charge in [0.05, 0.1) is 34.0 Å². The lowest BCUT2D eigenvalue weighted by Crippen LogP contribution is -2.49. The average Bonchev–Trinajstić information content (AvgIpc) is 3.31. The Morgan fingerprint density at radius 1 is 1.10 bits per heavy atom. The molecule has 3 heterocycles. The monoisotopic (exact) mass is 603 g/mol. The van der Waals surface area contributed by atoms with Crippen molar-refractivity contribution < 1.29 is 32.3 Å². The fourth-order valence-electron chi connectivity index (χ4n) is 5.18. The van der Waals surface area contributed by atoms with Crippen LogP contribution < -0.4 is 5.32 Å². The van der Waals surface area contributed by atoms with E-state index in [-0.39, 0.29) is 47.9 Å². The second kappa shape index (κ2) is 14.3. The lowest BCUT2D eigenvalue weighted by Gasteiger charge is -2.33. The van der Waals surface area contributed by atoms with Gasteiger partial charge in [0.25, 0.3) is 5.91 Å². The van der Waals surface area contributed by atoms with E-state index in [0.717, 1.165) is 24.2 Å². The zero-order valence-corrected chi connectivity index (χ0v) is 25.5. The van der Waals surface area contributed by atoms with Crippen molar-refractivity contribution in [2.75, 3.05) is 52.5 Å². The van der Waals surface area contributed by atoms with Gasteiger partial charge in [-0.25, -0.2) is 13.2 Å². The predicted molar refractivity (Wildman–Crippen MR) is 155 cm³/mol. The third-order valence-corrected chi connectivity index (χ3v) is 9.45. The van der Waals surface area contributed by atoms with E-state index >= 15 is 0 Å². The molecule has 13 heteroatoms. The zero-order valence-electron chi connectivity index (χ0n) is 24.6. The van der Waals surface area contributed by atoms with Crippen LogP contribution in [0.25, 0.3) is 0 Å². The molecule has 0 saturated carbocycles. The first kappa shape index (κ1) is 31.6. The third kappa shape index (κ3) is 7.56. The van der Waals surface area contributed by atoms with Crippen LogP contribution in [0.1, 0.15) is 65.7 Å². The molecule has 1 atom stereocenters. The summed E-state index contributed by atoms with van der Waals surface area (Å²) >= 11 is 0. The fraction of sp³-hybridized carbons (Fsp3) is 0.586. The number of hydrogen-bond donors (Lipinski definition) is 1. The van der Waals surface area contributed by atoms with E-state index in [1.165, 1.54) is 35.5 Å². The van der Waals surface area contributed by atoms with Crippen LogP contribution in [-0.4, -0.2) is 97.7 Å². The van der Waals surface area contributed by atoms with E-state index in [4.69, 9.17) is 14.6 Å². The van der Waals surface area contributed by atoms with Gasteiger partial charge >= 0.3 is 5.97 Å². The molecule has 0 radical (unpaired) electrons. The molecule has 1 fully saturated rings. The molecule has 230 valence electrons. The van der Waals surface area contributed by atoms with Gasteiger partial charge < -0.3 is 19.7 Å². The topological polar surface area (TPSA) is 140 Å². The van der Waals surface area contributed by atoms with E-state index in [2.05, 4.69) is 5.32 Å². The summed E-state index contributed by atoms with van der Waals surface area (Å²) in [6.45, 7) is 8.91. The number of esters is 1. The third-order valence-electron chi connectivity index (χ3n) is 7.54. The molecule has 2 aliphatic rings. The van der Waals surface area contributed by atoms with Gasteiger partial charge in [0.2, 0.25) is 15.9 Å². The number of piperazine rings is 1. The van der Waals surface area contributed by atoms with Crippen LogP contribution in [0.5, 0.6) is 0 Å². The number of rotatable bonds is 8. The summed E-state index contributed by atoms with van der Waals surface area (Å²) in [5, 5.41) is 7.71. The number of hydrogen-bond acceptors (Lipinski definition) is 8. The number of aromatic nitrogens is 2. The number of fused-ring (bicyclic) bond motifs is 1. The minimum atomic E-state index is -3.74. The highest BCUT2D eigenvalue weighted by atomic mass is 32.2. The van der Waals surface area contributed by atoms with Crippen LogP contribution in [0.2, 0.25) is 0 Å². The summed E-state index contributed by atoms with van der Waals surface area (Å²) in [5.41, 5.74) is 2.51. The predicted octanol–water partition coefficient (Wildman–Crippen LogP) is 1.87. The van der Waals surface area contributed by atoms with Gasteiger partial charge in [-0.05, 0) is 49.9 Å². The van der Waals surface area contributed by atoms with E-state index in [0.29, 0.717) is 57.8 Å². The molecule has 2 amide bonds. The van der Waals surface area contributed by atoms with Gasteiger partial charge in [-0.3, -0.25) is 14.3 Å². The summed E-state index contributed by atoms with van der Waals surface area (Å²) in [5.74, 6) is -0.828. The maximum atomic E-state index is 13.0. The first-order chi connectivity index (χ1) is 20.1. The normalized spacial score (nSPS) is 18.0. The Labute approximate surface area is 247 Å². The van der Waals surface area contributed by atoms with Crippen LogP contribution in [0, 0.1) is 5.92 Å². The van der Waals surface area contributed by atoms with Crippen molar-refractivity contribution in [1.29, 1.82) is 0 Å². The molecule has 2 aromatic rings. The first-order valence-electron chi connectivity index (χ1n) is 14.6. The summed E-state index contributed by atoms with van der Waals surface area (Å²) < 4.78 is 40.5. The lowest BCUT2D eigenvalue weighted by atomic mass is 10.1. The second-order valence-electron chi connectivity index (χ2n) is 10.8. The number of amides is 2. The van der Waals surface area contributed by atoms with Gasteiger partial charge in [0.15, 0.2) is 0 Å². The van der Waals surface area contributed by atoms with Gasteiger partial charge in [0.1, 0.15) is 0 Å². The molecule has 42 heavy (non-hydrogen) atoms. The molecular formula is C29H41N5O7S. The highest BCUT2D eigenvalue weighted by Crippen LogP contribution is 2.21. The fourth-order valence-corrected chi connectivity index (χ4v) is 6.60. The standard InChI is InChI=1S/C29H41N5O7S/c1-4-25-27-26(7-5-17-40-18-6-12-30-28(27)36)34(31-25)19-21(2)20-41-29(37)23-8-10-24(11-9-23)42(38,39)33-15-13-32(14-16-33)22(3)35/h8-11,21H,4-7,12-20H2,1-3H3,(H,30,36)/t21-/m1/s1. The number of nitrogens with one attached hydrogen (secondary N) is 1. The molecular weight excluding hydrogens is 562 g/mol. The Hall–Kier alpha value is -3.29. The molecule has 4 rings (SSSR count). The minimum absolute atomic E-state index is 0.0755. The van der Waals surface area contributed by atoms with Gasteiger partial charge in [0, 0.05) is 65.3 Å². The Bertz CT molecular complexity index is 1370. The van der Waals surface area contributed by atoms with Crippen molar-refractivity contribution in [3.05, 3.63) is 46.8 Å². The Morgan fingerprint density at radius 3 is 2.45 bits per heavy atom. The van der Waals surface area contributed by atoms with Crippen molar-refractivity contribution in [3.8, 4) is 0 Å². The van der Waals surface area contributed by atoms with Crippen LogP contribution in [-0.2, 0) is 43.7 Å². The van der Waals surface area contributed by atoms with E-state index in [1.54, 1.807) is 4.90 Å². The molecule has 1 aromatic carbocycles. The van der Waals surface area contributed by atoms with E-state index in [1.807, 2.05) is 18.5 Å². The Balaban J connectivity index is 1.36. The van der Waals surface area contributed by atoms with Crippen LogP contribution >= 0.6 is 0 Å². The Kier molecular flexibility index (Phi) is 10.7. The summed E-state index contributed by atoms with van der Waals surface area (Å²) in [7, 11) is -3.74. The molecule has 1 N–H and O–H groups in total. The van der Waals surface area contributed by atoms with Crippen LogP contribution in [0.3, 0.4) is 0 Å².